The number of amides is 1. The molecule has 12 nitrogen and oxygen atoms in total. The third kappa shape index (κ3) is 4.55. The van der Waals surface area contributed by atoms with Crippen molar-refractivity contribution in [3.8, 4) is 0 Å². The van der Waals surface area contributed by atoms with Crippen LogP contribution in [0.2, 0.25) is 0 Å². The number of fused-ring (bicyclic) bond motifs is 1. The number of aliphatic hydroxyl groups excluding tert-OH is 1. The maximum Gasteiger partial charge on any atom is 0.350 e. The largest absolute Gasteiger partial charge is 0.505 e. The first-order valence-electron chi connectivity index (χ1n) is 12.3. The van der Waals surface area contributed by atoms with Crippen molar-refractivity contribution >= 4 is 51.2 Å². The minimum atomic E-state index is -1.30. The average Bonchev–Trinajstić information content (AvgIpc) is 3.59. The van der Waals surface area contributed by atoms with Crippen LogP contribution in [0.15, 0.2) is 60.8 Å². The second-order valence-corrected chi connectivity index (χ2v) is 10.2. The van der Waals surface area contributed by atoms with E-state index in [-0.39, 0.29) is 44.8 Å². The standard InChI is InChI=1S/C28H23N5O7S/c1-5-12-40-27(37)24-15(3)29-28(41-24)32-21(17-9-6-10-18(13-17)33(38)39)19(23(35)26(32)36)22(34)20-16(4)31-11-7-8-14(2)25(31)30-20/h5-11,13,21,34H,1,12H2,2-4H3/b22-19+. The van der Waals surface area contributed by atoms with Crippen LogP contribution in [-0.2, 0) is 14.3 Å². The molecule has 0 bridgehead atoms. The van der Waals surface area contributed by atoms with E-state index in [1.54, 1.807) is 24.4 Å². The summed E-state index contributed by atoms with van der Waals surface area (Å²) in [6.07, 6.45) is 3.16. The number of pyridine rings is 1. The molecule has 1 N–H and O–H groups in total. The molecule has 208 valence electrons. The van der Waals surface area contributed by atoms with Gasteiger partial charge in [0.15, 0.2) is 10.9 Å². The number of esters is 1. The lowest BCUT2D eigenvalue weighted by molar-refractivity contribution is -0.384. The number of benzene rings is 1. The van der Waals surface area contributed by atoms with Crippen molar-refractivity contribution in [1.82, 2.24) is 14.4 Å². The molecule has 1 unspecified atom stereocenters. The quantitative estimate of drug-likeness (QED) is 0.0635. The number of anilines is 1. The van der Waals surface area contributed by atoms with E-state index in [1.165, 1.54) is 30.3 Å². The van der Waals surface area contributed by atoms with Crippen LogP contribution in [0.1, 0.15) is 43.9 Å². The predicted octanol–water partition coefficient (Wildman–Crippen LogP) is 4.59. The van der Waals surface area contributed by atoms with Crippen LogP contribution >= 0.6 is 11.3 Å². The highest BCUT2D eigenvalue weighted by Gasteiger charge is 2.49. The molecular formula is C28H23N5O7S. The molecule has 1 saturated heterocycles. The third-order valence-corrected chi connectivity index (χ3v) is 7.80. The molecule has 1 aromatic carbocycles. The number of carbonyl (C=O) groups excluding carboxylic acids is 3. The second kappa shape index (κ2) is 10.4. The van der Waals surface area contributed by atoms with Crippen molar-refractivity contribution in [2.75, 3.05) is 11.5 Å². The number of imidazole rings is 1. The van der Waals surface area contributed by atoms with Gasteiger partial charge in [0.05, 0.1) is 27.9 Å². The number of Topliss-reactive ketones (excluding diaryl/α,β-unsaturated/α-hetero) is 1. The Morgan fingerprint density at radius 2 is 1.98 bits per heavy atom. The summed E-state index contributed by atoms with van der Waals surface area (Å²) in [4.78, 5) is 60.7. The Morgan fingerprint density at radius 1 is 1.22 bits per heavy atom. The maximum absolute atomic E-state index is 13.6. The molecule has 0 radical (unpaired) electrons. The summed E-state index contributed by atoms with van der Waals surface area (Å²) in [5.41, 5.74) is 1.80. The maximum atomic E-state index is 13.6. The summed E-state index contributed by atoms with van der Waals surface area (Å²) >= 11 is 0.824. The van der Waals surface area contributed by atoms with Crippen molar-refractivity contribution in [1.29, 1.82) is 0 Å². The van der Waals surface area contributed by atoms with Crippen LogP contribution in [0.3, 0.4) is 0 Å². The number of aryl methyl sites for hydroxylation is 3. The lowest BCUT2D eigenvalue weighted by Crippen LogP contribution is -2.29. The van der Waals surface area contributed by atoms with Gasteiger partial charge in [-0.05, 0) is 38.0 Å². The number of hydrogen-bond acceptors (Lipinski definition) is 10. The SMILES string of the molecule is C=CCOC(=O)c1sc(N2C(=O)C(=O)/C(=C(/O)c3nc4c(C)cccn4c3C)C2c2cccc([N+](=O)[O-])c2)nc1C. The molecule has 1 atom stereocenters. The van der Waals surface area contributed by atoms with E-state index in [9.17, 15) is 29.6 Å². The third-order valence-electron chi connectivity index (χ3n) is 6.66. The Hall–Kier alpha value is -5.17. The van der Waals surface area contributed by atoms with Gasteiger partial charge >= 0.3 is 11.9 Å². The Morgan fingerprint density at radius 3 is 2.66 bits per heavy atom. The van der Waals surface area contributed by atoms with Crippen molar-refractivity contribution in [2.24, 2.45) is 0 Å². The van der Waals surface area contributed by atoms with E-state index in [0.29, 0.717) is 11.3 Å². The van der Waals surface area contributed by atoms with Crippen molar-refractivity contribution in [3.05, 3.63) is 104 Å². The van der Waals surface area contributed by atoms with Crippen LogP contribution < -0.4 is 4.90 Å². The van der Waals surface area contributed by atoms with Gasteiger partial charge < -0.3 is 14.2 Å². The molecule has 0 saturated carbocycles. The molecule has 1 aliphatic heterocycles. The van der Waals surface area contributed by atoms with Crippen LogP contribution in [-0.4, -0.2) is 48.7 Å². The number of carbonyl (C=O) groups is 3. The summed E-state index contributed by atoms with van der Waals surface area (Å²) in [7, 11) is 0. The molecule has 1 amide bonds. The number of non-ortho nitro benzene ring substituents is 1. The first-order chi connectivity index (χ1) is 19.5. The van der Waals surface area contributed by atoms with Crippen LogP contribution in [0.25, 0.3) is 11.4 Å². The van der Waals surface area contributed by atoms with Gasteiger partial charge in [-0.15, -0.1) is 0 Å². The molecule has 0 aliphatic carbocycles. The zero-order valence-electron chi connectivity index (χ0n) is 22.2. The van der Waals surface area contributed by atoms with Crippen LogP contribution in [0.5, 0.6) is 0 Å². The number of nitrogens with zero attached hydrogens (tertiary/aromatic N) is 5. The van der Waals surface area contributed by atoms with E-state index >= 15 is 0 Å². The van der Waals surface area contributed by atoms with Crippen LogP contribution in [0.4, 0.5) is 10.8 Å². The lowest BCUT2D eigenvalue weighted by atomic mass is 9.96. The second-order valence-electron chi connectivity index (χ2n) is 9.25. The van der Waals surface area contributed by atoms with Gasteiger partial charge in [0.2, 0.25) is 0 Å². The highest BCUT2D eigenvalue weighted by atomic mass is 32.1. The van der Waals surface area contributed by atoms with E-state index < -0.39 is 34.4 Å². The fourth-order valence-electron chi connectivity index (χ4n) is 4.70. The molecule has 41 heavy (non-hydrogen) atoms. The Bertz CT molecular complexity index is 1820. The molecule has 1 aliphatic rings. The van der Waals surface area contributed by atoms with E-state index in [0.717, 1.165) is 21.8 Å². The zero-order valence-corrected chi connectivity index (χ0v) is 23.0. The number of thiazole rings is 1. The van der Waals surface area contributed by atoms with Crippen molar-refractivity contribution < 1.29 is 29.2 Å². The lowest BCUT2D eigenvalue weighted by Gasteiger charge is -2.22. The predicted molar refractivity (Wildman–Crippen MR) is 150 cm³/mol. The molecule has 4 aromatic rings. The van der Waals surface area contributed by atoms with Gasteiger partial charge in [-0.1, -0.05) is 42.2 Å². The van der Waals surface area contributed by atoms with Gasteiger partial charge in [0.1, 0.15) is 22.8 Å². The molecule has 4 heterocycles. The summed E-state index contributed by atoms with van der Waals surface area (Å²) in [6, 6.07) is 7.76. The summed E-state index contributed by atoms with van der Waals surface area (Å²) in [5, 5.41) is 23.1. The number of hydrogen-bond donors (Lipinski definition) is 1. The van der Waals surface area contributed by atoms with Gasteiger partial charge in [-0.2, -0.15) is 0 Å². The fraction of sp³-hybridized carbons (Fsp3) is 0.179. The van der Waals surface area contributed by atoms with E-state index in [1.807, 2.05) is 19.1 Å². The molecule has 1 fully saturated rings. The molecule has 0 spiro atoms. The first kappa shape index (κ1) is 27.4. The average molecular weight is 574 g/mol. The number of aromatic nitrogens is 3. The molecule has 13 heteroatoms. The number of nitro benzene ring substituents is 1. The Kier molecular flexibility index (Phi) is 6.97. The van der Waals surface area contributed by atoms with E-state index in [4.69, 9.17) is 4.74 Å². The highest BCUT2D eigenvalue weighted by molar-refractivity contribution is 7.17. The van der Waals surface area contributed by atoms with Gasteiger partial charge in [-0.3, -0.25) is 24.6 Å². The van der Waals surface area contributed by atoms with Crippen molar-refractivity contribution in [2.45, 2.75) is 26.8 Å². The van der Waals surface area contributed by atoms with Gasteiger partial charge in [0.25, 0.3) is 11.5 Å². The number of aliphatic hydroxyl groups is 1. The monoisotopic (exact) mass is 573 g/mol. The highest BCUT2D eigenvalue weighted by Crippen LogP contribution is 2.44. The normalized spacial score (nSPS) is 16.4. The molecule has 5 rings (SSSR count). The topological polar surface area (TPSA) is 157 Å². The summed E-state index contributed by atoms with van der Waals surface area (Å²) in [6.45, 7) is 8.57. The summed E-state index contributed by atoms with van der Waals surface area (Å²) in [5.74, 6) is -3.29. The van der Waals surface area contributed by atoms with Gasteiger partial charge in [-0.25, -0.2) is 14.8 Å². The minimum absolute atomic E-state index is 0.0201. The Balaban J connectivity index is 1.74. The summed E-state index contributed by atoms with van der Waals surface area (Å²) < 4.78 is 6.86. The Labute approximate surface area is 237 Å². The fourth-order valence-corrected chi connectivity index (χ4v) is 5.69. The smallest absolute Gasteiger partial charge is 0.350 e. The van der Waals surface area contributed by atoms with Gasteiger partial charge in [0, 0.05) is 18.3 Å². The number of rotatable bonds is 7. The minimum Gasteiger partial charge on any atom is -0.505 e. The first-order valence-corrected chi connectivity index (χ1v) is 13.1. The van der Waals surface area contributed by atoms with Crippen LogP contribution in [0, 0.1) is 30.9 Å². The number of ketones is 1. The van der Waals surface area contributed by atoms with E-state index in [2.05, 4.69) is 16.5 Å². The molecule has 3 aromatic heterocycles. The zero-order chi connectivity index (χ0) is 29.6. The molecular weight excluding hydrogens is 550 g/mol. The number of ether oxygens (including phenoxy) is 1. The number of nitro groups is 1. The van der Waals surface area contributed by atoms with Crippen molar-refractivity contribution in [3.63, 3.8) is 0 Å².